The molecule has 0 spiro atoms. The van der Waals surface area contributed by atoms with E-state index in [1.54, 1.807) is 0 Å². The van der Waals surface area contributed by atoms with Crippen LogP contribution < -0.4 is 9.05 Å². The molecule has 9 heteroatoms. The maximum Gasteiger partial charge on any atom is 0.537 e. The van der Waals surface area contributed by atoms with E-state index in [2.05, 4.69) is 0 Å². The van der Waals surface area contributed by atoms with Crippen LogP contribution in [0.5, 0.6) is 11.5 Å². The van der Waals surface area contributed by atoms with Crippen LogP contribution in [0.4, 0.5) is 0 Å². The van der Waals surface area contributed by atoms with Gasteiger partial charge in [-0.1, -0.05) is 158 Å². The fourth-order valence-corrected chi connectivity index (χ4v) is 9.26. The molecule has 8 aromatic rings. The summed E-state index contributed by atoms with van der Waals surface area (Å²) in [5.74, 6) is 0.0194. The highest BCUT2D eigenvalue weighted by atomic mass is 31.3. The molecule has 0 fully saturated rings. The van der Waals surface area contributed by atoms with Gasteiger partial charge in [0.25, 0.3) is 0 Å². The van der Waals surface area contributed by atoms with Crippen LogP contribution in [-0.2, 0) is 13.4 Å². The fourth-order valence-electron chi connectivity index (χ4n) is 7.11. The van der Waals surface area contributed by atoms with Crippen LogP contribution in [-0.4, -0.2) is 9.79 Å². The van der Waals surface area contributed by atoms with Gasteiger partial charge in [0.2, 0.25) is 0 Å². The lowest BCUT2D eigenvalue weighted by Gasteiger charge is -2.22. The van der Waals surface area contributed by atoms with Crippen LogP contribution >= 0.6 is 15.6 Å². The normalized spacial score (nSPS) is 18.2. The molecule has 0 saturated heterocycles. The minimum Gasteiger partial charge on any atom is -0.402 e. The highest BCUT2D eigenvalue weighted by molar-refractivity contribution is 7.61. The molecule has 0 bridgehead atoms. The molecule has 1 aliphatic heterocycles. The molecular weight excluding hydrogens is 702 g/mol. The topological polar surface area (TPSA) is 102 Å². The first-order valence-electron chi connectivity index (χ1n) is 16.9. The van der Waals surface area contributed by atoms with Gasteiger partial charge < -0.3 is 9.05 Å². The molecule has 2 atom stereocenters. The molecule has 2 unspecified atom stereocenters. The van der Waals surface area contributed by atoms with E-state index >= 15 is 0 Å². The average molecular weight is 733 g/mol. The van der Waals surface area contributed by atoms with Crippen LogP contribution in [0.15, 0.2) is 170 Å². The minimum absolute atomic E-state index is 0.00970. The first-order chi connectivity index (χ1) is 25.7. The number of fused-ring (bicyclic) bond motifs is 7. The van der Waals surface area contributed by atoms with Crippen molar-refractivity contribution in [3.8, 4) is 67.1 Å². The Morgan fingerprint density at radius 1 is 0.377 bits per heavy atom. The van der Waals surface area contributed by atoms with Gasteiger partial charge in [0.15, 0.2) is 0 Å². The Bertz CT molecular complexity index is 2580. The molecular formula is C44H30O7P2. The van der Waals surface area contributed by atoms with Gasteiger partial charge in [-0.3, -0.25) is 9.79 Å². The van der Waals surface area contributed by atoms with Crippen LogP contribution in [0.1, 0.15) is 0 Å². The lowest BCUT2D eigenvalue weighted by molar-refractivity contribution is 0.236. The first kappa shape index (κ1) is 33.1. The molecule has 0 radical (unpaired) electrons. The second-order valence-electron chi connectivity index (χ2n) is 12.8. The van der Waals surface area contributed by atoms with Gasteiger partial charge in [-0.2, -0.15) is 4.31 Å². The molecule has 9 rings (SSSR count). The Balaban J connectivity index is 1.36. The molecule has 0 aromatic heterocycles. The largest absolute Gasteiger partial charge is 0.537 e. The van der Waals surface area contributed by atoms with Gasteiger partial charge in [0.05, 0.1) is 0 Å². The molecule has 0 saturated carbocycles. The van der Waals surface area contributed by atoms with Gasteiger partial charge in [-0.25, -0.2) is 9.13 Å². The van der Waals surface area contributed by atoms with Crippen molar-refractivity contribution >= 4 is 37.2 Å². The molecule has 7 nitrogen and oxygen atoms in total. The van der Waals surface area contributed by atoms with E-state index in [0.29, 0.717) is 44.2 Å². The number of hydrogen-bond donors (Lipinski definition) is 2. The molecule has 53 heavy (non-hydrogen) atoms. The third-order valence-electron chi connectivity index (χ3n) is 9.48. The average Bonchev–Trinajstić information content (AvgIpc) is 3.21. The van der Waals surface area contributed by atoms with Crippen molar-refractivity contribution in [3.63, 3.8) is 0 Å². The smallest absolute Gasteiger partial charge is 0.402 e. The highest BCUT2D eigenvalue weighted by Gasteiger charge is 2.42. The zero-order chi connectivity index (χ0) is 36.2. The van der Waals surface area contributed by atoms with Crippen molar-refractivity contribution in [3.05, 3.63) is 170 Å². The summed E-state index contributed by atoms with van der Waals surface area (Å²) in [5.41, 5.74) is 7.23. The zero-order valence-corrected chi connectivity index (χ0v) is 29.8. The molecule has 258 valence electrons. The van der Waals surface area contributed by atoms with Crippen LogP contribution in [0, 0.1) is 0 Å². The van der Waals surface area contributed by atoms with Gasteiger partial charge in [0, 0.05) is 22.3 Å². The minimum atomic E-state index is -5.28. The predicted octanol–water partition coefficient (Wildman–Crippen LogP) is 12.3. The maximum absolute atomic E-state index is 13.7. The van der Waals surface area contributed by atoms with Crippen LogP contribution in [0.3, 0.4) is 0 Å². The Morgan fingerprint density at radius 2 is 0.698 bits per heavy atom. The van der Waals surface area contributed by atoms with Crippen molar-refractivity contribution in [2.75, 3.05) is 0 Å². The predicted molar refractivity (Wildman–Crippen MR) is 211 cm³/mol. The highest BCUT2D eigenvalue weighted by Crippen LogP contribution is 2.66. The summed E-state index contributed by atoms with van der Waals surface area (Å²) >= 11 is 0. The first-order valence-corrected chi connectivity index (χ1v) is 19.9. The summed E-state index contributed by atoms with van der Waals surface area (Å²) in [6.07, 6.45) is 0. The Labute approximate surface area is 305 Å². The van der Waals surface area contributed by atoms with Crippen molar-refractivity contribution in [2.24, 2.45) is 0 Å². The summed E-state index contributed by atoms with van der Waals surface area (Å²) in [7, 11) is -10.6. The van der Waals surface area contributed by atoms with Crippen molar-refractivity contribution in [2.45, 2.75) is 0 Å². The monoisotopic (exact) mass is 732 g/mol. The van der Waals surface area contributed by atoms with Gasteiger partial charge in [-0.15, -0.1) is 0 Å². The number of phosphoric acid groups is 2. The third kappa shape index (κ3) is 6.25. The third-order valence-corrected chi connectivity index (χ3v) is 12.0. The van der Waals surface area contributed by atoms with Gasteiger partial charge in [-0.05, 0) is 67.1 Å². The zero-order valence-electron chi connectivity index (χ0n) is 28.0. The lowest BCUT2D eigenvalue weighted by atomic mass is 9.86. The van der Waals surface area contributed by atoms with Gasteiger partial charge in [0.1, 0.15) is 11.5 Å². The second-order valence-corrected chi connectivity index (χ2v) is 15.7. The van der Waals surface area contributed by atoms with E-state index in [-0.39, 0.29) is 11.5 Å². The number of phosphoric ester groups is 2. The summed E-state index contributed by atoms with van der Waals surface area (Å²) in [6.45, 7) is 0. The Kier molecular flexibility index (Phi) is 8.12. The second kappa shape index (κ2) is 13.0. The number of rotatable bonds is 4. The summed E-state index contributed by atoms with van der Waals surface area (Å²) in [4.78, 5) is 22.3. The summed E-state index contributed by atoms with van der Waals surface area (Å²) in [5, 5.41) is 2.97. The van der Waals surface area contributed by atoms with E-state index in [4.69, 9.17) is 13.4 Å². The van der Waals surface area contributed by atoms with Crippen LogP contribution in [0.25, 0.3) is 77.2 Å². The van der Waals surface area contributed by atoms with E-state index in [0.717, 1.165) is 33.0 Å². The Morgan fingerprint density at radius 3 is 1.09 bits per heavy atom. The molecule has 1 aliphatic rings. The molecule has 8 aromatic carbocycles. The quantitative estimate of drug-likeness (QED) is 0.174. The van der Waals surface area contributed by atoms with E-state index in [9.17, 15) is 18.9 Å². The van der Waals surface area contributed by atoms with Crippen molar-refractivity contribution in [1.29, 1.82) is 0 Å². The standard InChI is InChI=1S/C44H30O7P2/c45-52(46)49-43-39(33-23-19-31(20-24-33)29-11-3-1-4-12-29)27-35-15-7-9-17-37(35)41(43)42-38-18-10-8-16-36(38)28-40(44(42)50-53(47,48)51-52)34-25-21-32(22-26-34)30-13-5-2-6-14-30/h1-28H,(H,45,46)(H,47,48). The maximum atomic E-state index is 13.7. The van der Waals surface area contributed by atoms with Gasteiger partial charge >= 0.3 is 15.6 Å². The van der Waals surface area contributed by atoms with Crippen molar-refractivity contribution < 1.29 is 32.3 Å². The van der Waals surface area contributed by atoms with Crippen molar-refractivity contribution in [1.82, 2.24) is 0 Å². The molecule has 0 amide bonds. The summed E-state index contributed by atoms with van der Waals surface area (Å²) < 4.78 is 44.4. The SMILES string of the molecule is O=P1(O)Oc2c(-c3ccc(-c4ccccc4)cc3)cc3ccccc3c2-c2c(c(-c3ccc(-c4ccccc4)cc3)cc3ccccc23)OP(=O)(O)O1. The Hall–Kier alpha value is -5.78. The molecule has 2 N–H and O–H groups in total. The number of benzene rings is 8. The van der Waals surface area contributed by atoms with E-state index < -0.39 is 15.6 Å². The number of hydrogen-bond acceptors (Lipinski definition) is 5. The fraction of sp³-hybridized carbons (Fsp3) is 0. The lowest BCUT2D eigenvalue weighted by Crippen LogP contribution is -2.01. The molecule has 0 aliphatic carbocycles. The van der Waals surface area contributed by atoms with E-state index in [1.165, 1.54) is 0 Å². The van der Waals surface area contributed by atoms with E-state index in [1.807, 2.05) is 170 Å². The molecule has 1 heterocycles. The van der Waals surface area contributed by atoms with Crippen LogP contribution in [0.2, 0.25) is 0 Å². The summed E-state index contributed by atoms with van der Waals surface area (Å²) in [6, 6.07) is 54.5.